The first kappa shape index (κ1) is 20.9. The van der Waals surface area contributed by atoms with Crippen molar-refractivity contribution in [3.05, 3.63) is 108 Å². The largest absolute Gasteiger partial charge is 0.493 e. The number of aryl methyl sites for hydroxylation is 1. The molecule has 1 amide bonds. The fraction of sp³-hybridized carbons (Fsp3) is 0.222. The fourth-order valence-corrected chi connectivity index (χ4v) is 4.40. The summed E-state index contributed by atoms with van der Waals surface area (Å²) in [5, 5.41) is 0. The highest BCUT2D eigenvalue weighted by Gasteiger charge is 2.33. The number of amides is 1. The summed E-state index contributed by atoms with van der Waals surface area (Å²) in [5.41, 5.74) is 3.11. The minimum atomic E-state index is -0.267. The van der Waals surface area contributed by atoms with Crippen molar-refractivity contribution in [3.8, 4) is 11.5 Å². The number of benzene rings is 2. The molecule has 0 spiro atoms. The van der Waals surface area contributed by atoms with Crippen molar-refractivity contribution in [1.82, 2.24) is 9.47 Å². The van der Waals surface area contributed by atoms with E-state index in [1.54, 1.807) is 19.2 Å². The highest BCUT2D eigenvalue weighted by atomic mass is 16.5. The van der Waals surface area contributed by atoms with Gasteiger partial charge in [0.05, 0.1) is 19.4 Å². The van der Waals surface area contributed by atoms with Gasteiger partial charge >= 0.3 is 0 Å². The molecule has 4 aromatic rings. The number of aromatic nitrogens is 1. The Bertz CT molecular complexity index is 1210. The van der Waals surface area contributed by atoms with Crippen LogP contribution in [0.1, 0.15) is 39.8 Å². The highest BCUT2D eigenvalue weighted by molar-refractivity contribution is 5.92. The molecule has 2 aromatic carbocycles. The average molecular weight is 443 g/mol. The second-order valence-corrected chi connectivity index (χ2v) is 8.04. The van der Waals surface area contributed by atoms with Crippen molar-refractivity contribution < 1.29 is 18.7 Å². The Kier molecular flexibility index (Phi) is 5.89. The van der Waals surface area contributed by atoms with Crippen LogP contribution in [-0.4, -0.2) is 29.0 Å². The van der Waals surface area contributed by atoms with Crippen molar-refractivity contribution in [2.75, 3.05) is 13.7 Å². The summed E-state index contributed by atoms with van der Waals surface area (Å²) in [4.78, 5) is 15.3. The third-order valence-electron chi connectivity index (χ3n) is 5.99. The van der Waals surface area contributed by atoms with E-state index in [2.05, 4.69) is 16.8 Å². The number of fused-ring (bicyclic) bond motifs is 1. The molecular weight excluding hydrogens is 416 g/mol. The van der Waals surface area contributed by atoms with Crippen molar-refractivity contribution >= 4 is 5.91 Å². The Hall–Kier alpha value is -3.93. The molecule has 0 radical (unpaired) electrons. The van der Waals surface area contributed by atoms with E-state index < -0.39 is 0 Å². The van der Waals surface area contributed by atoms with Crippen LogP contribution < -0.4 is 9.47 Å². The molecule has 6 heteroatoms. The molecule has 1 aliphatic rings. The summed E-state index contributed by atoms with van der Waals surface area (Å²) in [5.74, 6) is 1.52. The van der Waals surface area contributed by atoms with Crippen molar-refractivity contribution in [3.63, 3.8) is 0 Å². The quantitative estimate of drug-likeness (QED) is 0.406. The molecule has 0 aliphatic carbocycles. The van der Waals surface area contributed by atoms with Gasteiger partial charge in [0.2, 0.25) is 0 Å². The van der Waals surface area contributed by atoms with E-state index in [-0.39, 0.29) is 11.9 Å². The summed E-state index contributed by atoms with van der Waals surface area (Å²) in [6.07, 6.45) is 4.46. The van der Waals surface area contributed by atoms with Gasteiger partial charge in [0.25, 0.3) is 5.91 Å². The van der Waals surface area contributed by atoms with Gasteiger partial charge in [0, 0.05) is 25.0 Å². The van der Waals surface area contributed by atoms with Gasteiger partial charge in [-0.2, -0.15) is 0 Å². The first-order valence-corrected chi connectivity index (χ1v) is 11.1. The summed E-state index contributed by atoms with van der Waals surface area (Å²) < 4.78 is 19.4. The lowest BCUT2D eigenvalue weighted by Crippen LogP contribution is -2.35. The molecule has 5 rings (SSSR count). The zero-order valence-electron chi connectivity index (χ0n) is 18.5. The molecule has 3 heterocycles. The first-order valence-electron chi connectivity index (χ1n) is 11.1. The molecule has 168 valence electrons. The number of carbonyl (C=O) groups is 1. The molecule has 0 saturated heterocycles. The van der Waals surface area contributed by atoms with Gasteiger partial charge in [-0.15, -0.1) is 0 Å². The Morgan fingerprint density at radius 1 is 1.00 bits per heavy atom. The van der Waals surface area contributed by atoms with Crippen LogP contribution >= 0.6 is 0 Å². The Morgan fingerprint density at radius 2 is 1.88 bits per heavy atom. The molecule has 1 aliphatic heterocycles. The van der Waals surface area contributed by atoms with Crippen molar-refractivity contribution in [1.29, 1.82) is 0 Å². The monoisotopic (exact) mass is 442 g/mol. The molecule has 0 N–H and O–H groups in total. The fourth-order valence-electron chi connectivity index (χ4n) is 4.40. The van der Waals surface area contributed by atoms with Crippen LogP contribution in [0.4, 0.5) is 0 Å². The number of furan rings is 1. The average Bonchev–Trinajstić information content (AvgIpc) is 3.52. The minimum absolute atomic E-state index is 0.122. The maximum absolute atomic E-state index is 13.4. The summed E-state index contributed by atoms with van der Waals surface area (Å²) in [7, 11) is 1.63. The maximum Gasteiger partial charge on any atom is 0.290 e. The van der Waals surface area contributed by atoms with Crippen LogP contribution in [0.2, 0.25) is 0 Å². The SMILES string of the molecule is COc1cc(C2c3cccn3CCCN2C(=O)c2ccco2)ccc1OCc1ccccc1. The van der Waals surface area contributed by atoms with Gasteiger partial charge in [-0.05, 0) is 53.9 Å². The number of ether oxygens (including phenoxy) is 2. The standard InChI is InChI=1S/C27H26N2O4/c1-31-25-18-21(12-13-23(25)33-19-20-8-3-2-4-9-20)26-22-10-5-14-28(22)15-7-16-29(26)27(30)24-11-6-17-32-24/h2-6,8-14,17-18,26H,7,15-16,19H2,1H3. The van der Waals surface area contributed by atoms with Crippen molar-refractivity contribution in [2.45, 2.75) is 25.6 Å². The number of carbonyl (C=O) groups excluding carboxylic acids is 1. The van der Waals surface area contributed by atoms with Crippen LogP contribution in [-0.2, 0) is 13.2 Å². The zero-order chi connectivity index (χ0) is 22.6. The normalized spacial score (nSPS) is 15.5. The number of hydrogen-bond acceptors (Lipinski definition) is 4. The maximum atomic E-state index is 13.4. The molecule has 0 saturated carbocycles. The molecule has 6 nitrogen and oxygen atoms in total. The lowest BCUT2D eigenvalue weighted by molar-refractivity contribution is 0.0676. The van der Waals surface area contributed by atoms with E-state index in [4.69, 9.17) is 13.9 Å². The van der Waals surface area contributed by atoms with E-state index >= 15 is 0 Å². The van der Waals surface area contributed by atoms with E-state index in [0.29, 0.717) is 30.4 Å². The lowest BCUT2D eigenvalue weighted by atomic mass is 10.0. The number of hydrogen-bond donors (Lipinski definition) is 0. The van der Waals surface area contributed by atoms with Crippen LogP contribution in [0, 0.1) is 0 Å². The Labute approximate surface area is 193 Å². The molecule has 33 heavy (non-hydrogen) atoms. The molecule has 0 bridgehead atoms. The summed E-state index contributed by atoms with van der Waals surface area (Å²) in [6.45, 7) is 1.93. The van der Waals surface area contributed by atoms with E-state index in [1.165, 1.54) is 6.26 Å². The van der Waals surface area contributed by atoms with Crippen molar-refractivity contribution in [2.24, 2.45) is 0 Å². The zero-order valence-corrected chi connectivity index (χ0v) is 18.5. The van der Waals surface area contributed by atoms with Gasteiger partial charge < -0.3 is 23.4 Å². The van der Waals surface area contributed by atoms with Gasteiger partial charge in [-0.1, -0.05) is 36.4 Å². The first-order chi connectivity index (χ1) is 16.2. The number of methoxy groups -OCH3 is 1. The van der Waals surface area contributed by atoms with Crippen LogP contribution in [0.25, 0.3) is 0 Å². The summed E-state index contributed by atoms with van der Waals surface area (Å²) in [6, 6.07) is 23.2. The highest BCUT2D eigenvalue weighted by Crippen LogP contribution is 2.38. The van der Waals surface area contributed by atoms with E-state index in [0.717, 1.165) is 29.8 Å². The smallest absolute Gasteiger partial charge is 0.290 e. The molecule has 1 atom stereocenters. The Balaban J connectivity index is 1.49. The van der Waals surface area contributed by atoms with Gasteiger partial charge in [0.15, 0.2) is 17.3 Å². The predicted octanol–water partition coefficient (Wildman–Crippen LogP) is 5.30. The van der Waals surface area contributed by atoms with Crippen LogP contribution in [0.3, 0.4) is 0 Å². The number of rotatable bonds is 6. The van der Waals surface area contributed by atoms with Crippen LogP contribution in [0.15, 0.2) is 89.7 Å². The predicted molar refractivity (Wildman–Crippen MR) is 124 cm³/mol. The molecular formula is C27H26N2O4. The van der Waals surface area contributed by atoms with Gasteiger partial charge in [0.1, 0.15) is 6.61 Å². The topological polar surface area (TPSA) is 56.8 Å². The molecule has 0 fully saturated rings. The van der Waals surface area contributed by atoms with E-state index in [1.807, 2.05) is 59.5 Å². The van der Waals surface area contributed by atoms with Crippen LogP contribution in [0.5, 0.6) is 11.5 Å². The Morgan fingerprint density at radius 3 is 2.67 bits per heavy atom. The summed E-state index contributed by atoms with van der Waals surface area (Å²) >= 11 is 0. The second-order valence-electron chi connectivity index (χ2n) is 8.04. The van der Waals surface area contributed by atoms with Gasteiger partial charge in [-0.25, -0.2) is 0 Å². The third-order valence-corrected chi connectivity index (χ3v) is 5.99. The van der Waals surface area contributed by atoms with E-state index in [9.17, 15) is 4.79 Å². The number of nitrogens with zero attached hydrogens (tertiary/aromatic N) is 2. The molecule has 1 unspecified atom stereocenters. The van der Waals surface area contributed by atoms with Gasteiger partial charge in [-0.3, -0.25) is 4.79 Å². The third kappa shape index (κ3) is 4.24. The minimum Gasteiger partial charge on any atom is -0.493 e. The molecule has 2 aromatic heterocycles. The lowest BCUT2D eigenvalue weighted by Gasteiger charge is -2.30. The second kappa shape index (κ2) is 9.28.